The van der Waals surface area contributed by atoms with Gasteiger partial charge in [-0.15, -0.1) is 5.10 Å². The molecule has 2 aromatic carbocycles. The summed E-state index contributed by atoms with van der Waals surface area (Å²) in [7, 11) is 0. The number of rotatable bonds is 5. The number of aromatic nitrogens is 4. The first kappa shape index (κ1) is 22.1. The lowest BCUT2D eigenvalue weighted by atomic mass is 10.0. The number of hydrogen-bond acceptors (Lipinski definition) is 5. The van der Waals surface area contributed by atoms with Crippen LogP contribution in [0.15, 0.2) is 83.9 Å². The van der Waals surface area contributed by atoms with E-state index in [-0.39, 0.29) is 16.9 Å². The van der Waals surface area contributed by atoms with Gasteiger partial charge in [0.2, 0.25) is 0 Å². The number of pyridine rings is 1. The summed E-state index contributed by atoms with van der Waals surface area (Å²) < 4.78 is 3.12. The van der Waals surface area contributed by atoms with Gasteiger partial charge >= 0.3 is 0 Å². The minimum atomic E-state index is -0.525. The third-order valence-electron chi connectivity index (χ3n) is 5.91. The smallest absolute Gasteiger partial charge is 0.263 e. The van der Waals surface area contributed by atoms with E-state index >= 15 is 0 Å². The number of nitrogens with one attached hydrogen (secondary N) is 1. The number of carbonyl (C=O) groups excluding carboxylic acids is 1. The molecule has 0 saturated heterocycles. The van der Waals surface area contributed by atoms with Crippen LogP contribution in [0.1, 0.15) is 41.5 Å². The SMILES string of the molecule is C/C=C/c1cccc2cc([C@@H](C)NC(=O)c3c(N)nn4cccnc34)n(-c3ccccc3)c(=O)c12. The van der Waals surface area contributed by atoms with Gasteiger partial charge in [-0.05, 0) is 49.1 Å². The van der Waals surface area contributed by atoms with E-state index in [0.29, 0.717) is 22.4 Å². The van der Waals surface area contributed by atoms with Crippen LogP contribution in [0.2, 0.25) is 0 Å². The van der Waals surface area contributed by atoms with Crippen molar-refractivity contribution in [3.8, 4) is 5.69 Å². The number of carbonyl (C=O) groups is 1. The lowest BCUT2D eigenvalue weighted by molar-refractivity contribution is 0.0941. The van der Waals surface area contributed by atoms with Crippen molar-refractivity contribution in [2.75, 3.05) is 5.73 Å². The zero-order chi connectivity index (χ0) is 24.5. The second kappa shape index (κ2) is 8.90. The number of nitrogens with two attached hydrogens (primary N) is 1. The number of allylic oxidation sites excluding steroid dienone is 1. The maximum absolute atomic E-state index is 13.9. The van der Waals surface area contributed by atoms with E-state index < -0.39 is 11.9 Å². The molecule has 8 heteroatoms. The first-order chi connectivity index (χ1) is 17.0. The lowest BCUT2D eigenvalue weighted by Gasteiger charge is -2.21. The summed E-state index contributed by atoms with van der Waals surface area (Å²) in [5, 5.41) is 8.57. The van der Waals surface area contributed by atoms with Crippen LogP contribution in [0.3, 0.4) is 0 Å². The highest BCUT2D eigenvalue weighted by molar-refractivity contribution is 6.04. The molecule has 0 saturated carbocycles. The van der Waals surface area contributed by atoms with Crippen LogP contribution in [-0.2, 0) is 0 Å². The van der Waals surface area contributed by atoms with E-state index in [1.807, 2.05) is 80.6 Å². The molecule has 1 atom stereocenters. The maximum Gasteiger partial charge on any atom is 0.263 e. The molecule has 35 heavy (non-hydrogen) atoms. The molecule has 5 aromatic rings. The fraction of sp³-hybridized carbons (Fsp3) is 0.111. The van der Waals surface area contributed by atoms with Gasteiger partial charge in [-0.3, -0.25) is 14.2 Å². The Bertz CT molecular complexity index is 1650. The van der Waals surface area contributed by atoms with Crippen molar-refractivity contribution in [3.05, 3.63) is 106 Å². The monoisotopic (exact) mass is 464 g/mol. The van der Waals surface area contributed by atoms with Crippen molar-refractivity contribution < 1.29 is 4.79 Å². The summed E-state index contributed by atoms with van der Waals surface area (Å²) in [6, 6.07) is 18.3. The summed E-state index contributed by atoms with van der Waals surface area (Å²) >= 11 is 0. The van der Waals surface area contributed by atoms with Crippen LogP contribution < -0.4 is 16.6 Å². The number of anilines is 1. The molecule has 8 nitrogen and oxygen atoms in total. The Morgan fingerprint density at radius 3 is 2.69 bits per heavy atom. The number of benzene rings is 2. The highest BCUT2D eigenvalue weighted by Crippen LogP contribution is 2.25. The largest absolute Gasteiger partial charge is 0.381 e. The van der Waals surface area contributed by atoms with Crippen molar-refractivity contribution >= 4 is 34.2 Å². The molecule has 0 unspecified atom stereocenters. The van der Waals surface area contributed by atoms with Crippen molar-refractivity contribution in [2.24, 2.45) is 0 Å². The topological polar surface area (TPSA) is 107 Å². The molecule has 0 fully saturated rings. The van der Waals surface area contributed by atoms with Gasteiger partial charge in [0, 0.05) is 23.8 Å². The van der Waals surface area contributed by atoms with Gasteiger partial charge in [0.05, 0.1) is 11.4 Å². The Hall–Kier alpha value is -4.72. The van der Waals surface area contributed by atoms with Crippen LogP contribution in [0.5, 0.6) is 0 Å². The number of nitrogens with zero attached hydrogens (tertiary/aromatic N) is 4. The third kappa shape index (κ3) is 3.85. The number of amides is 1. The standard InChI is InChI=1S/C27H24N6O2/c1-3-9-18-10-7-11-19-16-21(33(27(35)22(18)19)20-12-5-4-6-13-20)17(2)30-26(34)23-24(28)31-32-15-8-14-29-25(23)32/h3-17H,1-2H3,(H2,28,31)(H,30,34)/b9-3+/t17-/m1/s1. The lowest BCUT2D eigenvalue weighted by Crippen LogP contribution is -2.32. The van der Waals surface area contributed by atoms with Crippen LogP contribution in [0.25, 0.3) is 28.2 Å². The van der Waals surface area contributed by atoms with E-state index in [2.05, 4.69) is 15.4 Å². The minimum absolute atomic E-state index is 0.0864. The Labute approximate surface area is 201 Å². The van der Waals surface area contributed by atoms with Crippen molar-refractivity contribution in [2.45, 2.75) is 19.9 Å². The van der Waals surface area contributed by atoms with E-state index in [0.717, 1.165) is 10.9 Å². The van der Waals surface area contributed by atoms with Crippen LogP contribution in [0.4, 0.5) is 5.82 Å². The maximum atomic E-state index is 13.9. The Morgan fingerprint density at radius 1 is 1.11 bits per heavy atom. The molecule has 3 heterocycles. The molecule has 0 spiro atoms. The van der Waals surface area contributed by atoms with Crippen molar-refractivity contribution in [3.63, 3.8) is 0 Å². The molecule has 0 aliphatic rings. The normalized spacial score (nSPS) is 12.4. The number of para-hydroxylation sites is 1. The molecular formula is C27H24N6O2. The fourth-order valence-corrected chi connectivity index (χ4v) is 4.35. The van der Waals surface area contributed by atoms with Gasteiger partial charge in [0.15, 0.2) is 11.5 Å². The predicted molar refractivity (Wildman–Crippen MR) is 138 cm³/mol. The zero-order valence-electron chi connectivity index (χ0n) is 19.3. The molecular weight excluding hydrogens is 440 g/mol. The Balaban J connectivity index is 1.66. The van der Waals surface area contributed by atoms with Gasteiger partial charge < -0.3 is 11.1 Å². The van der Waals surface area contributed by atoms with Gasteiger partial charge in [0.1, 0.15) is 5.56 Å². The second-order valence-corrected chi connectivity index (χ2v) is 8.20. The first-order valence-corrected chi connectivity index (χ1v) is 11.3. The average Bonchev–Trinajstić information content (AvgIpc) is 3.20. The highest BCUT2D eigenvalue weighted by Gasteiger charge is 2.23. The second-order valence-electron chi connectivity index (χ2n) is 8.20. The molecule has 3 N–H and O–H groups in total. The number of nitrogen functional groups attached to an aromatic ring is 1. The van der Waals surface area contributed by atoms with Crippen molar-refractivity contribution in [1.82, 2.24) is 24.5 Å². The van der Waals surface area contributed by atoms with Crippen molar-refractivity contribution in [1.29, 1.82) is 0 Å². The highest BCUT2D eigenvalue weighted by atomic mass is 16.2. The summed E-state index contributed by atoms with van der Waals surface area (Å²) in [5.74, 6) is -0.332. The van der Waals surface area contributed by atoms with Crippen LogP contribution in [-0.4, -0.2) is 25.1 Å². The molecule has 0 aliphatic carbocycles. The molecule has 1 amide bonds. The first-order valence-electron chi connectivity index (χ1n) is 11.3. The summed E-state index contributed by atoms with van der Waals surface area (Å²) in [6.45, 7) is 3.75. The predicted octanol–water partition coefficient (Wildman–Crippen LogP) is 4.14. The zero-order valence-corrected chi connectivity index (χ0v) is 19.3. The quantitative estimate of drug-likeness (QED) is 0.407. The Morgan fingerprint density at radius 2 is 1.91 bits per heavy atom. The van der Waals surface area contributed by atoms with E-state index in [1.54, 1.807) is 23.0 Å². The summed E-state index contributed by atoms with van der Waals surface area (Å²) in [6.07, 6.45) is 7.09. The fourth-order valence-electron chi connectivity index (χ4n) is 4.35. The van der Waals surface area contributed by atoms with Gasteiger partial charge in [0.25, 0.3) is 11.5 Å². The summed E-state index contributed by atoms with van der Waals surface area (Å²) in [4.78, 5) is 31.4. The molecule has 3 aromatic heterocycles. The van der Waals surface area contributed by atoms with E-state index in [4.69, 9.17) is 5.73 Å². The Kier molecular flexibility index (Phi) is 5.62. The summed E-state index contributed by atoms with van der Waals surface area (Å²) in [5.41, 5.74) is 8.64. The number of hydrogen-bond donors (Lipinski definition) is 2. The number of fused-ring (bicyclic) bond motifs is 2. The van der Waals surface area contributed by atoms with Gasteiger partial charge in [-0.2, -0.15) is 0 Å². The van der Waals surface area contributed by atoms with E-state index in [9.17, 15) is 9.59 Å². The molecule has 0 aliphatic heterocycles. The van der Waals surface area contributed by atoms with Gasteiger partial charge in [-0.1, -0.05) is 48.6 Å². The molecule has 5 rings (SSSR count). The minimum Gasteiger partial charge on any atom is -0.381 e. The van der Waals surface area contributed by atoms with Gasteiger partial charge in [-0.25, -0.2) is 9.50 Å². The molecule has 174 valence electrons. The average molecular weight is 465 g/mol. The van der Waals surface area contributed by atoms with E-state index in [1.165, 1.54) is 4.52 Å². The third-order valence-corrected chi connectivity index (χ3v) is 5.91. The van der Waals surface area contributed by atoms with Crippen LogP contribution in [0, 0.1) is 0 Å². The molecule has 0 bridgehead atoms. The molecule has 0 radical (unpaired) electrons. The van der Waals surface area contributed by atoms with Crippen LogP contribution >= 0.6 is 0 Å².